The molecule has 1 atom stereocenters. The van der Waals surface area contributed by atoms with E-state index in [2.05, 4.69) is 17.4 Å². The molecule has 0 aliphatic heterocycles. The quantitative estimate of drug-likeness (QED) is 0.834. The maximum atomic E-state index is 12.1. The van der Waals surface area contributed by atoms with E-state index < -0.39 is 0 Å². The highest BCUT2D eigenvalue weighted by molar-refractivity contribution is 5.77. The number of carbonyl (C=O) groups excluding carboxylic acids is 1. The minimum absolute atomic E-state index is 0.0244. The van der Waals surface area contributed by atoms with Crippen LogP contribution in [0.15, 0.2) is 30.3 Å². The van der Waals surface area contributed by atoms with Crippen molar-refractivity contribution < 1.29 is 9.53 Å². The molecule has 21 heavy (non-hydrogen) atoms. The molecule has 2 aliphatic rings. The lowest BCUT2D eigenvalue weighted by Crippen LogP contribution is -2.35. The normalized spacial score (nSPS) is 20.4. The number of benzene rings is 1. The SMILES string of the molecule is O=C(COCC1CC1)NC(c1ccccc1)C1CCCC1. The number of hydrogen-bond acceptors (Lipinski definition) is 2. The fourth-order valence-electron chi connectivity index (χ4n) is 3.24. The van der Waals surface area contributed by atoms with Gasteiger partial charge in [-0.15, -0.1) is 0 Å². The Kier molecular flexibility index (Phi) is 4.91. The molecule has 1 amide bonds. The van der Waals surface area contributed by atoms with Gasteiger partial charge in [0.2, 0.25) is 5.91 Å². The van der Waals surface area contributed by atoms with Crippen LogP contribution in [0.25, 0.3) is 0 Å². The average Bonchev–Trinajstić information content (AvgIpc) is 3.17. The second-order valence-electron chi connectivity index (χ2n) is 6.46. The third-order valence-corrected chi connectivity index (χ3v) is 4.63. The van der Waals surface area contributed by atoms with Gasteiger partial charge < -0.3 is 10.1 Å². The zero-order chi connectivity index (χ0) is 14.5. The van der Waals surface area contributed by atoms with E-state index in [9.17, 15) is 4.79 Å². The minimum Gasteiger partial charge on any atom is -0.371 e. The summed E-state index contributed by atoms with van der Waals surface area (Å²) in [5, 5.41) is 3.21. The summed E-state index contributed by atoms with van der Waals surface area (Å²) in [7, 11) is 0. The Balaban J connectivity index is 1.57. The first kappa shape index (κ1) is 14.6. The molecule has 1 N–H and O–H groups in total. The summed E-state index contributed by atoms with van der Waals surface area (Å²) in [5.41, 5.74) is 1.22. The monoisotopic (exact) mass is 287 g/mol. The van der Waals surface area contributed by atoms with Gasteiger partial charge in [-0.05, 0) is 43.1 Å². The van der Waals surface area contributed by atoms with Crippen LogP contribution in [0.1, 0.15) is 50.1 Å². The number of carbonyl (C=O) groups is 1. The highest BCUT2D eigenvalue weighted by Crippen LogP contribution is 2.35. The van der Waals surface area contributed by atoms with Gasteiger partial charge in [0.15, 0.2) is 0 Å². The third kappa shape index (κ3) is 4.31. The predicted molar refractivity (Wildman–Crippen MR) is 82.8 cm³/mol. The third-order valence-electron chi connectivity index (χ3n) is 4.63. The van der Waals surface area contributed by atoms with Crippen LogP contribution in [0, 0.1) is 11.8 Å². The van der Waals surface area contributed by atoms with Crippen LogP contribution in [0.2, 0.25) is 0 Å². The predicted octanol–water partition coefficient (Wildman–Crippen LogP) is 3.46. The molecule has 0 saturated heterocycles. The number of rotatable bonds is 7. The Morgan fingerprint density at radius 3 is 2.52 bits per heavy atom. The lowest BCUT2D eigenvalue weighted by atomic mass is 9.91. The van der Waals surface area contributed by atoms with E-state index in [-0.39, 0.29) is 18.6 Å². The van der Waals surface area contributed by atoms with Crippen LogP contribution in [0.3, 0.4) is 0 Å². The first-order chi connectivity index (χ1) is 10.3. The molecular formula is C18H25NO2. The van der Waals surface area contributed by atoms with Crippen molar-refractivity contribution in [2.75, 3.05) is 13.2 Å². The molecule has 3 heteroatoms. The molecule has 3 nitrogen and oxygen atoms in total. The van der Waals surface area contributed by atoms with E-state index >= 15 is 0 Å². The zero-order valence-electron chi connectivity index (χ0n) is 12.6. The lowest BCUT2D eigenvalue weighted by molar-refractivity contribution is -0.127. The maximum Gasteiger partial charge on any atom is 0.246 e. The summed E-state index contributed by atoms with van der Waals surface area (Å²) < 4.78 is 5.51. The Morgan fingerprint density at radius 1 is 1.14 bits per heavy atom. The summed E-state index contributed by atoms with van der Waals surface area (Å²) >= 11 is 0. The van der Waals surface area contributed by atoms with E-state index in [4.69, 9.17) is 4.74 Å². The Bertz CT molecular complexity index is 450. The smallest absolute Gasteiger partial charge is 0.246 e. The molecule has 0 radical (unpaired) electrons. The van der Waals surface area contributed by atoms with Crippen molar-refractivity contribution in [3.8, 4) is 0 Å². The van der Waals surface area contributed by atoms with Gasteiger partial charge in [0.05, 0.1) is 12.6 Å². The number of nitrogens with one attached hydrogen (secondary N) is 1. The van der Waals surface area contributed by atoms with Gasteiger partial charge >= 0.3 is 0 Å². The Morgan fingerprint density at radius 2 is 1.86 bits per heavy atom. The van der Waals surface area contributed by atoms with Gasteiger partial charge in [0.1, 0.15) is 6.61 Å². The lowest BCUT2D eigenvalue weighted by Gasteiger charge is -2.25. The molecule has 0 aromatic heterocycles. The van der Waals surface area contributed by atoms with Gasteiger partial charge in [-0.2, -0.15) is 0 Å². The Labute approximate surface area is 127 Å². The summed E-state index contributed by atoms with van der Waals surface area (Å²) in [6, 6.07) is 10.5. The highest BCUT2D eigenvalue weighted by Gasteiger charge is 2.28. The van der Waals surface area contributed by atoms with Crippen molar-refractivity contribution in [3.63, 3.8) is 0 Å². The van der Waals surface area contributed by atoms with E-state index in [1.54, 1.807) is 0 Å². The van der Waals surface area contributed by atoms with E-state index in [0.29, 0.717) is 11.8 Å². The molecular weight excluding hydrogens is 262 g/mol. The maximum absolute atomic E-state index is 12.1. The molecule has 0 bridgehead atoms. The van der Waals surface area contributed by atoms with Crippen LogP contribution in [-0.4, -0.2) is 19.1 Å². The van der Waals surface area contributed by atoms with E-state index in [1.807, 2.05) is 18.2 Å². The molecule has 1 unspecified atom stereocenters. The van der Waals surface area contributed by atoms with Crippen LogP contribution in [0.5, 0.6) is 0 Å². The average molecular weight is 287 g/mol. The molecule has 2 fully saturated rings. The molecule has 3 rings (SSSR count). The second-order valence-corrected chi connectivity index (χ2v) is 6.46. The fraction of sp³-hybridized carbons (Fsp3) is 0.611. The molecule has 0 heterocycles. The van der Waals surface area contributed by atoms with Crippen molar-refractivity contribution >= 4 is 5.91 Å². The minimum atomic E-state index is 0.0244. The number of ether oxygens (including phenoxy) is 1. The largest absolute Gasteiger partial charge is 0.371 e. The fourth-order valence-corrected chi connectivity index (χ4v) is 3.24. The van der Waals surface area contributed by atoms with Crippen molar-refractivity contribution in [3.05, 3.63) is 35.9 Å². The molecule has 114 valence electrons. The molecule has 1 aromatic rings. The van der Waals surface area contributed by atoms with Gasteiger partial charge in [-0.25, -0.2) is 0 Å². The zero-order valence-corrected chi connectivity index (χ0v) is 12.6. The standard InChI is InChI=1S/C18H25NO2/c20-17(13-21-12-14-10-11-14)19-18(16-8-4-5-9-16)15-6-2-1-3-7-15/h1-3,6-7,14,16,18H,4-5,8-13H2,(H,19,20). The topological polar surface area (TPSA) is 38.3 Å². The molecule has 1 aromatic carbocycles. The van der Waals surface area contributed by atoms with Crippen molar-refractivity contribution in [2.24, 2.45) is 11.8 Å². The van der Waals surface area contributed by atoms with Crippen molar-refractivity contribution in [2.45, 2.75) is 44.6 Å². The van der Waals surface area contributed by atoms with Crippen LogP contribution in [-0.2, 0) is 9.53 Å². The van der Waals surface area contributed by atoms with Gasteiger partial charge in [0.25, 0.3) is 0 Å². The number of hydrogen-bond donors (Lipinski definition) is 1. The second kappa shape index (κ2) is 7.08. The first-order valence-corrected chi connectivity index (χ1v) is 8.25. The van der Waals surface area contributed by atoms with Crippen LogP contribution < -0.4 is 5.32 Å². The Hall–Kier alpha value is -1.35. The molecule has 0 spiro atoms. The van der Waals surface area contributed by atoms with Crippen molar-refractivity contribution in [1.82, 2.24) is 5.32 Å². The van der Waals surface area contributed by atoms with Crippen LogP contribution >= 0.6 is 0 Å². The van der Waals surface area contributed by atoms with Crippen LogP contribution in [0.4, 0.5) is 0 Å². The highest BCUT2D eigenvalue weighted by atomic mass is 16.5. The number of amides is 1. The summed E-state index contributed by atoms with van der Waals surface area (Å²) in [5.74, 6) is 1.30. The summed E-state index contributed by atoms with van der Waals surface area (Å²) in [6.45, 7) is 0.944. The molecule has 2 aliphatic carbocycles. The summed E-state index contributed by atoms with van der Waals surface area (Å²) in [4.78, 5) is 12.1. The van der Waals surface area contributed by atoms with Gasteiger partial charge in [-0.3, -0.25) is 4.79 Å². The van der Waals surface area contributed by atoms with Gasteiger partial charge in [0, 0.05) is 0 Å². The van der Waals surface area contributed by atoms with Gasteiger partial charge in [-0.1, -0.05) is 43.2 Å². The first-order valence-electron chi connectivity index (χ1n) is 8.25. The van der Waals surface area contributed by atoms with E-state index in [0.717, 1.165) is 6.61 Å². The summed E-state index contributed by atoms with van der Waals surface area (Å²) in [6.07, 6.45) is 7.50. The molecule has 2 saturated carbocycles. The van der Waals surface area contributed by atoms with E-state index in [1.165, 1.54) is 44.1 Å². The van der Waals surface area contributed by atoms with Crippen molar-refractivity contribution in [1.29, 1.82) is 0 Å².